The Morgan fingerprint density at radius 1 is 1.37 bits per heavy atom. The highest BCUT2D eigenvalue weighted by molar-refractivity contribution is 5.51. The van der Waals surface area contributed by atoms with E-state index in [0.29, 0.717) is 25.4 Å². The molecule has 1 atom stereocenters. The Morgan fingerprint density at radius 2 is 2.11 bits per heavy atom. The van der Waals surface area contributed by atoms with Crippen LogP contribution in [0.4, 0.5) is 5.69 Å². The van der Waals surface area contributed by atoms with E-state index in [1.54, 1.807) is 7.11 Å². The van der Waals surface area contributed by atoms with Gasteiger partial charge < -0.3 is 25.2 Å². The molecule has 0 radical (unpaired) electrons. The number of hydrogen-bond donors (Lipinski definition) is 2. The molecule has 0 aliphatic carbocycles. The molecule has 0 aliphatic rings. The lowest BCUT2D eigenvalue weighted by molar-refractivity contribution is 0.0424. The smallest absolute Gasteiger partial charge is 0.142 e. The average molecular weight is 268 g/mol. The third kappa shape index (κ3) is 6.42. The highest BCUT2D eigenvalue weighted by Gasteiger charge is 2.07. The van der Waals surface area contributed by atoms with Crippen LogP contribution in [-0.4, -0.2) is 56.6 Å². The van der Waals surface area contributed by atoms with Crippen LogP contribution in [0.25, 0.3) is 0 Å². The molecule has 0 aromatic heterocycles. The van der Waals surface area contributed by atoms with Crippen LogP contribution in [0.2, 0.25) is 0 Å². The minimum Gasteiger partial charge on any atom is -0.491 e. The van der Waals surface area contributed by atoms with Crippen LogP contribution in [0, 0.1) is 0 Å². The van der Waals surface area contributed by atoms with E-state index in [0.717, 1.165) is 18.7 Å². The highest BCUT2D eigenvalue weighted by Crippen LogP contribution is 2.19. The second-order valence-corrected chi connectivity index (χ2v) is 4.61. The van der Waals surface area contributed by atoms with E-state index in [2.05, 4.69) is 4.90 Å². The van der Waals surface area contributed by atoms with Gasteiger partial charge in [-0.3, -0.25) is 0 Å². The van der Waals surface area contributed by atoms with E-state index in [1.807, 2.05) is 31.3 Å². The summed E-state index contributed by atoms with van der Waals surface area (Å²) in [5.41, 5.74) is 6.44. The Morgan fingerprint density at radius 3 is 2.79 bits per heavy atom. The van der Waals surface area contributed by atoms with E-state index in [9.17, 15) is 5.11 Å². The molecule has 0 bridgehead atoms. The Labute approximate surface area is 114 Å². The van der Waals surface area contributed by atoms with E-state index in [-0.39, 0.29) is 0 Å². The number of nitrogens with zero attached hydrogens (tertiary/aromatic N) is 1. The summed E-state index contributed by atoms with van der Waals surface area (Å²) in [5, 5.41) is 9.58. The molecule has 0 saturated heterocycles. The molecule has 1 unspecified atom stereocenters. The summed E-state index contributed by atoms with van der Waals surface area (Å²) in [6, 6.07) is 7.47. The number of aliphatic hydroxyl groups is 1. The predicted molar refractivity (Wildman–Crippen MR) is 76.3 cm³/mol. The molecule has 5 nitrogen and oxygen atoms in total. The Bertz CT molecular complexity index is 360. The monoisotopic (exact) mass is 268 g/mol. The van der Waals surface area contributed by atoms with Gasteiger partial charge in [0.15, 0.2) is 0 Å². The van der Waals surface area contributed by atoms with Crippen molar-refractivity contribution in [2.45, 2.75) is 12.5 Å². The summed E-state index contributed by atoms with van der Waals surface area (Å²) in [5.74, 6) is 0.726. The summed E-state index contributed by atoms with van der Waals surface area (Å²) < 4.78 is 10.5. The van der Waals surface area contributed by atoms with Gasteiger partial charge in [-0.05, 0) is 25.6 Å². The number of benzene rings is 1. The fourth-order valence-corrected chi connectivity index (χ4v) is 1.82. The molecule has 3 N–H and O–H groups in total. The number of methoxy groups -OCH3 is 1. The summed E-state index contributed by atoms with van der Waals surface area (Å²) in [4.78, 5) is 2.06. The molecule has 1 aromatic carbocycles. The largest absolute Gasteiger partial charge is 0.491 e. The molecule has 19 heavy (non-hydrogen) atoms. The van der Waals surface area contributed by atoms with Crippen molar-refractivity contribution >= 4 is 5.69 Å². The zero-order valence-corrected chi connectivity index (χ0v) is 11.7. The van der Waals surface area contributed by atoms with E-state index in [4.69, 9.17) is 15.2 Å². The summed E-state index contributed by atoms with van der Waals surface area (Å²) in [7, 11) is 3.55. The minimum atomic E-state index is -0.444. The van der Waals surface area contributed by atoms with Gasteiger partial charge in [0.1, 0.15) is 5.75 Å². The van der Waals surface area contributed by atoms with Crippen molar-refractivity contribution in [3.05, 3.63) is 24.3 Å². The molecule has 108 valence electrons. The van der Waals surface area contributed by atoms with Crippen molar-refractivity contribution in [3.8, 4) is 5.75 Å². The quantitative estimate of drug-likeness (QED) is 0.516. The van der Waals surface area contributed by atoms with Crippen molar-refractivity contribution in [2.24, 2.45) is 0 Å². The lowest BCUT2D eigenvalue weighted by atomic mass is 10.3. The number of rotatable bonds is 9. The number of nitrogen functional groups attached to an aromatic ring is 1. The standard InChI is InChI=1S/C14H24N2O3/c1-16(10-12(17)11-18-2)8-5-9-19-14-7-4-3-6-13(14)15/h3-4,6-7,12,17H,5,8-11,15H2,1-2H3. The first-order chi connectivity index (χ1) is 9.13. The lowest BCUT2D eigenvalue weighted by Gasteiger charge is -2.20. The summed E-state index contributed by atoms with van der Waals surface area (Å²) >= 11 is 0. The molecule has 5 heteroatoms. The van der Waals surface area contributed by atoms with Gasteiger partial charge in [-0.2, -0.15) is 0 Å². The maximum absolute atomic E-state index is 9.58. The van der Waals surface area contributed by atoms with Crippen molar-refractivity contribution in [3.63, 3.8) is 0 Å². The van der Waals surface area contributed by atoms with Crippen molar-refractivity contribution < 1.29 is 14.6 Å². The first-order valence-electron chi connectivity index (χ1n) is 6.46. The van der Waals surface area contributed by atoms with Gasteiger partial charge in [-0.1, -0.05) is 12.1 Å². The lowest BCUT2D eigenvalue weighted by Crippen LogP contribution is -2.33. The SMILES string of the molecule is COCC(O)CN(C)CCCOc1ccccc1N. The zero-order chi connectivity index (χ0) is 14.1. The van der Waals surface area contributed by atoms with Gasteiger partial charge in [-0.25, -0.2) is 0 Å². The average Bonchev–Trinajstić information content (AvgIpc) is 2.36. The van der Waals surface area contributed by atoms with Crippen LogP contribution in [0.15, 0.2) is 24.3 Å². The van der Waals surface area contributed by atoms with Crippen LogP contribution in [0.5, 0.6) is 5.75 Å². The zero-order valence-electron chi connectivity index (χ0n) is 11.7. The summed E-state index contributed by atoms with van der Waals surface area (Å²) in [6.07, 6.45) is 0.436. The molecule has 1 rings (SSSR count). The molecule has 0 aliphatic heterocycles. The molecule has 0 amide bonds. The molecule has 1 aromatic rings. The summed E-state index contributed by atoms with van der Waals surface area (Å²) in [6.45, 7) is 2.43. The number of likely N-dealkylation sites (N-methyl/N-ethyl adjacent to an activating group) is 1. The van der Waals surface area contributed by atoms with Crippen LogP contribution in [0.3, 0.4) is 0 Å². The topological polar surface area (TPSA) is 68.0 Å². The number of aliphatic hydroxyl groups excluding tert-OH is 1. The number of anilines is 1. The Kier molecular flexibility index (Phi) is 7.25. The molecule has 0 spiro atoms. The van der Waals surface area contributed by atoms with Gasteiger partial charge in [0.2, 0.25) is 0 Å². The number of nitrogens with two attached hydrogens (primary N) is 1. The maximum Gasteiger partial charge on any atom is 0.142 e. The molecular formula is C14H24N2O3. The molecule has 0 fully saturated rings. The van der Waals surface area contributed by atoms with Crippen molar-refractivity contribution in [1.29, 1.82) is 0 Å². The fraction of sp³-hybridized carbons (Fsp3) is 0.571. The first kappa shape index (κ1) is 15.8. The van der Waals surface area contributed by atoms with Gasteiger partial charge in [0.05, 0.1) is 25.0 Å². The predicted octanol–water partition coefficient (Wildman–Crippen LogP) is 0.977. The molecular weight excluding hydrogens is 244 g/mol. The van der Waals surface area contributed by atoms with E-state index in [1.165, 1.54) is 0 Å². The van der Waals surface area contributed by atoms with Gasteiger partial charge in [0, 0.05) is 20.2 Å². The van der Waals surface area contributed by atoms with Crippen LogP contribution < -0.4 is 10.5 Å². The maximum atomic E-state index is 9.58. The van der Waals surface area contributed by atoms with Crippen molar-refractivity contribution in [1.82, 2.24) is 4.90 Å². The second-order valence-electron chi connectivity index (χ2n) is 4.61. The molecule has 0 heterocycles. The van der Waals surface area contributed by atoms with E-state index < -0.39 is 6.10 Å². The normalized spacial score (nSPS) is 12.6. The molecule has 0 saturated carbocycles. The number of ether oxygens (including phenoxy) is 2. The third-order valence-electron chi connectivity index (χ3n) is 2.74. The Balaban J connectivity index is 2.15. The number of para-hydroxylation sites is 2. The highest BCUT2D eigenvalue weighted by atomic mass is 16.5. The fourth-order valence-electron chi connectivity index (χ4n) is 1.82. The van der Waals surface area contributed by atoms with E-state index >= 15 is 0 Å². The van der Waals surface area contributed by atoms with Crippen LogP contribution in [0.1, 0.15) is 6.42 Å². The third-order valence-corrected chi connectivity index (χ3v) is 2.74. The minimum absolute atomic E-state index is 0.362. The second kappa shape index (κ2) is 8.74. The van der Waals surface area contributed by atoms with Gasteiger partial charge >= 0.3 is 0 Å². The van der Waals surface area contributed by atoms with Crippen LogP contribution in [-0.2, 0) is 4.74 Å². The number of hydrogen-bond acceptors (Lipinski definition) is 5. The van der Waals surface area contributed by atoms with Gasteiger partial charge in [0.25, 0.3) is 0 Å². The first-order valence-corrected chi connectivity index (χ1v) is 6.46. The van der Waals surface area contributed by atoms with Crippen LogP contribution >= 0.6 is 0 Å². The Hall–Kier alpha value is -1.30. The van der Waals surface area contributed by atoms with Gasteiger partial charge in [-0.15, -0.1) is 0 Å². The van der Waals surface area contributed by atoms with Crippen molar-refractivity contribution in [2.75, 3.05) is 46.2 Å².